The molecule has 2 amide bonds. The number of benzene rings is 2. The number of carbonyl (C=O) groups excluding carboxylic acids is 2. The van der Waals surface area contributed by atoms with E-state index in [4.69, 9.17) is 5.73 Å². The second-order valence-electron chi connectivity index (χ2n) is 6.34. The monoisotopic (exact) mass is 353 g/mol. The molecule has 26 heavy (non-hydrogen) atoms. The van der Waals surface area contributed by atoms with Crippen molar-refractivity contribution in [1.82, 2.24) is 4.90 Å². The van der Waals surface area contributed by atoms with Crippen LogP contribution in [0.4, 0.5) is 11.4 Å². The summed E-state index contributed by atoms with van der Waals surface area (Å²) >= 11 is 0. The average molecular weight is 353 g/mol. The minimum atomic E-state index is -0.127. The maximum atomic E-state index is 12.7. The summed E-state index contributed by atoms with van der Waals surface area (Å²) in [6, 6.07) is 14.3. The van der Waals surface area contributed by atoms with Crippen LogP contribution in [0.2, 0.25) is 0 Å². The molecule has 2 rings (SSSR count). The van der Waals surface area contributed by atoms with Gasteiger partial charge < -0.3 is 16.0 Å². The van der Waals surface area contributed by atoms with Gasteiger partial charge in [-0.05, 0) is 48.7 Å². The van der Waals surface area contributed by atoms with E-state index >= 15 is 0 Å². The van der Waals surface area contributed by atoms with Crippen LogP contribution in [0.1, 0.15) is 42.6 Å². The van der Waals surface area contributed by atoms with Crippen LogP contribution >= 0.6 is 0 Å². The summed E-state index contributed by atoms with van der Waals surface area (Å²) in [5, 5.41) is 2.86. The molecule has 0 aliphatic rings. The first kappa shape index (κ1) is 19.5. The molecule has 0 unspecified atom stereocenters. The zero-order valence-corrected chi connectivity index (χ0v) is 15.5. The van der Waals surface area contributed by atoms with E-state index in [2.05, 4.69) is 19.2 Å². The second kappa shape index (κ2) is 9.61. The lowest BCUT2D eigenvalue weighted by Crippen LogP contribution is -2.32. The van der Waals surface area contributed by atoms with Crippen LogP contribution in [0.15, 0.2) is 48.5 Å². The van der Waals surface area contributed by atoms with E-state index in [1.807, 2.05) is 17.0 Å². The molecule has 2 aromatic carbocycles. The van der Waals surface area contributed by atoms with Crippen molar-refractivity contribution in [1.29, 1.82) is 0 Å². The van der Waals surface area contributed by atoms with Gasteiger partial charge in [0.1, 0.15) is 0 Å². The highest BCUT2D eigenvalue weighted by molar-refractivity contribution is 5.97. The molecule has 0 atom stereocenters. The second-order valence-corrected chi connectivity index (χ2v) is 6.34. The SMILES string of the molecule is CCCN(CCC)C(=O)c1cccc(NC(=O)Cc2ccc(N)cc2)c1. The molecule has 2 aromatic rings. The number of carbonyl (C=O) groups is 2. The normalized spacial score (nSPS) is 10.4. The van der Waals surface area contributed by atoms with Crippen molar-refractivity contribution in [2.24, 2.45) is 0 Å². The van der Waals surface area contributed by atoms with Gasteiger partial charge in [-0.1, -0.05) is 32.0 Å². The smallest absolute Gasteiger partial charge is 0.253 e. The topological polar surface area (TPSA) is 75.4 Å². The Balaban J connectivity index is 2.04. The van der Waals surface area contributed by atoms with Gasteiger partial charge in [-0.15, -0.1) is 0 Å². The van der Waals surface area contributed by atoms with Crippen LogP contribution in [0, 0.1) is 0 Å². The van der Waals surface area contributed by atoms with Crippen molar-refractivity contribution in [3.05, 3.63) is 59.7 Å². The zero-order chi connectivity index (χ0) is 18.9. The summed E-state index contributed by atoms with van der Waals surface area (Å²) in [5.74, 6) is -0.123. The first-order valence-electron chi connectivity index (χ1n) is 9.07. The molecular weight excluding hydrogens is 326 g/mol. The summed E-state index contributed by atoms with van der Waals surface area (Å²) in [6.07, 6.45) is 2.10. The molecule has 0 radical (unpaired) electrons. The first-order chi connectivity index (χ1) is 12.5. The summed E-state index contributed by atoms with van der Waals surface area (Å²) in [5.41, 5.74) is 8.44. The molecule has 3 N–H and O–H groups in total. The molecule has 0 saturated heterocycles. The van der Waals surface area contributed by atoms with Gasteiger partial charge in [0.2, 0.25) is 5.91 Å². The molecule has 5 heteroatoms. The molecule has 0 aromatic heterocycles. The molecule has 0 heterocycles. The lowest BCUT2D eigenvalue weighted by atomic mass is 10.1. The fourth-order valence-electron chi connectivity index (χ4n) is 2.79. The van der Waals surface area contributed by atoms with E-state index in [0.717, 1.165) is 31.5 Å². The largest absolute Gasteiger partial charge is 0.399 e. The van der Waals surface area contributed by atoms with Crippen LogP contribution in [0.5, 0.6) is 0 Å². The Morgan fingerprint density at radius 3 is 2.27 bits per heavy atom. The third-order valence-corrected chi connectivity index (χ3v) is 4.01. The third kappa shape index (κ3) is 5.62. The summed E-state index contributed by atoms with van der Waals surface area (Å²) in [7, 11) is 0. The Morgan fingerprint density at radius 1 is 1.00 bits per heavy atom. The summed E-state index contributed by atoms with van der Waals surface area (Å²) < 4.78 is 0. The van der Waals surface area contributed by atoms with Crippen LogP contribution in [-0.2, 0) is 11.2 Å². The van der Waals surface area contributed by atoms with E-state index < -0.39 is 0 Å². The fraction of sp³-hybridized carbons (Fsp3) is 0.333. The number of nitrogens with zero attached hydrogens (tertiary/aromatic N) is 1. The van der Waals surface area contributed by atoms with Crippen molar-refractivity contribution in [2.45, 2.75) is 33.1 Å². The predicted molar refractivity (Wildman–Crippen MR) is 106 cm³/mol. The number of hydrogen-bond donors (Lipinski definition) is 2. The quantitative estimate of drug-likeness (QED) is 0.710. The van der Waals surface area contributed by atoms with Gasteiger partial charge in [0.25, 0.3) is 5.91 Å². The minimum absolute atomic E-state index is 0.00309. The van der Waals surface area contributed by atoms with E-state index in [0.29, 0.717) is 16.9 Å². The standard InChI is InChI=1S/C21H27N3O2/c1-3-12-24(13-4-2)21(26)17-6-5-7-19(15-17)23-20(25)14-16-8-10-18(22)11-9-16/h5-11,15H,3-4,12-14,22H2,1-2H3,(H,23,25). The van der Waals surface area contributed by atoms with Crippen molar-refractivity contribution < 1.29 is 9.59 Å². The highest BCUT2D eigenvalue weighted by Gasteiger charge is 2.15. The van der Waals surface area contributed by atoms with Crippen molar-refractivity contribution in [3.8, 4) is 0 Å². The zero-order valence-electron chi connectivity index (χ0n) is 15.5. The highest BCUT2D eigenvalue weighted by atomic mass is 16.2. The fourth-order valence-corrected chi connectivity index (χ4v) is 2.79. The lowest BCUT2D eigenvalue weighted by Gasteiger charge is -2.21. The van der Waals surface area contributed by atoms with Crippen molar-refractivity contribution in [3.63, 3.8) is 0 Å². The number of anilines is 2. The van der Waals surface area contributed by atoms with Gasteiger partial charge >= 0.3 is 0 Å². The first-order valence-corrected chi connectivity index (χ1v) is 9.07. The molecule has 0 spiro atoms. The van der Waals surface area contributed by atoms with Gasteiger partial charge in [-0.3, -0.25) is 9.59 Å². The lowest BCUT2D eigenvalue weighted by molar-refractivity contribution is -0.115. The van der Waals surface area contributed by atoms with Gasteiger partial charge in [-0.25, -0.2) is 0 Å². The van der Waals surface area contributed by atoms with Gasteiger partial charge in [0.15, 0.2) is 0 Å². The molecule has 0 saturated carbocycles. The number of rotatable bonds is 8. The number of nitrogens with two attached hydrogens (primary N) is 1. The molecule has 0 bridgehead atoms. The Bertz CT molecular complexity index is 735. The van der Waals surface area contributed by atoms with E-state index in [1.165, 1.54) is 0 Å². The number of amides is 2. The summed E-state index contributed by atoms with van der Waals surface area (Å²) in [4.78, 5) is 26.8. The van der Waals surface area contributed by atoms with Crippen LogP contribution in [0.3, 0.4) is 0 Å². The Hall–Kier alpha value is -2.82. The van der Waals surface area contributed by atoms with E-state index in [9.17, 15) is 9.59 Å². The van der Waals surface area contributed by atoms with Gasteiger partial charge in [0, 0.05) is 30.0 Å². The molecule has 0 aliphatic heterocycles. The number of nitrogen functional groups attached to an aromatic ring is 1. The van der Waals surface area contributed by atoms with Crippen molar-refractivity contribution in [2.75, 3.05) is 24.1 Å². The molecule has 5 nitrogen and oxygen atoms in total. The van der Waals surface area contributed by atoms with E-state index in [1.54, 1.807) is 36.4 Å². The van der Waals surface area contributed by atoms with Gasteiger partial charge in [0.05, 0.1) is 6.42 Å². The predicted octanol–water partition coefficient (Wildman–Crippen LogP) is 3.71. The summed E-state index contributed by atoms with van der Waals surface area (Å²) in [6.45, 7) is 5.59. The Kier molecular flexibility index (Phi) is 7.21. The molecular formula is C21H27N3O2. The Morgan fingerprint density at radius 2 is 1.65 bits per heavy atom. The maximum absolute atomic E-state index is 12.7. The minimum Gasteiger partial charge on any atom is -0.399 e. The third-order valence-electron chi connectivity index (χ3n) is 4.01. The maximum Gasteiger partial charge on any atom is 0.253 e. The van der Waals surface area contributed by atoms with Gasteiger partial charge in [-0.2, -0.15) is 0 Å². The number of nitrogens with one attached hydrogen (secondary N) is 1. The highest BCUT2D eigenvalue weighted by Crippen LogP contribution is 2.14. The molecule has 0 aliphatic carbocycles. The van der Waals surface area contributed by atoms with Crippen LogP contribution in [-0.4, -0.2) is 29.8 Å². The van der Waals surface area contributed by atoms with E-state index in [-0.39, 0.29) is 18.2 Å². The molecule has 138 valence electrons. The van der Waals surface area contributed by atoms with Crippen molar-refractivity contribution >= 4 is 23.2 Å². The Labute approximate surface area is 155 Å². The average Bonchev–Trinajstić information content (AvgIpc) is 2.63. The number of hydrogen-bond acceptors (Lipinski definition) is 3. The van der Waals surface area contributed by atoms with Crippen LogP contribution in [0.25, 0.3) is 0 Å². The van der Waals surface area contributed by atoms with Crippen LogP contribution < -0.4 is 11.1 Å². The molecule has 0 fully saturated rings.